The highest BCUT2D eigenvalue weighted by molar-refractivity contribution is 5.69. The summed E-state index contributed by atoms with van der Waals surface area (Å²) in [4.78, 5) is 13.5. The zero-order valence-corrected chi connectivity index (χ0v) is 11.4. The Hall–Kier alpha value is -0.610. The third kappa shape index (κ3) is 6.03. The Kier molecular flexibility index (Phi) is 6.52. The average molecular weight is 242 g/mol. The van der Waals surface area contributed by atoms with Crippen molar-refractivity contribution < 1.29 is 9.53 Å². The zero-order chi connectivity index (χ0) is 12.7. The van der Waals surface area contributed by atoms with Gasteiger partial charge in [-0.05, 0) is 31.8 Å². The van der Waals surface area contributed by atoms with E-state index in [1.807, 2.05) is 0 Å². The van der Waals surface area contributed by atoms with Gasteiger partial charge < -0.3 is 15.0 Å². The fraction of sp³-hybridized carbons (Fsp3) is 0.923. The summed E-state index contributed by atoms with van der Waals surface area (Å²) >= 11 is 0. The standard InChI is InChI=1S/C13H26N2O2/c1-11(2)10-15-8-5-12(6-9-15)14-7-4-13(16)17-3/h11-12,14H,4-10H2,1-3H3. The van der Waals surface area contributed by atoms with Crippen LogP contribution in [0.15, 0.2) is 0 Å². The highest BCUT2D eigenvalue weighted by Gasteiger charge is 2.19. The lowest BCUT2D eigenvalue weighted by molar-refractivity contribution is -0.140. The maximum Gasteiger partial charge on any atom is 0.306 e. The van der Waals surface area contributed by atoms with Crippen molar-refractivity contribution >= 4 is 5.97 Å². The van der Waals surface area contributed by atoms with Gasteiger partial charge in [0, 0.05) is 19.1 Å². The predicted octanol–water partition coefficient (Wildman–Crippen LogP) is 1.26. The molecule has 1 aliphatic heterocycles. The number of nitrogens with one attached hydrogen (secondary N) is 1. The number of nitrogens with zero attached hydrogens (tertiary/aromatic N) is 1. The van der Waals surface area contributed by atoms with Crippen LogP contribution in [0.25, 0.3) is 0 Å². The van der Waals surface area contributed by atoms with Gasteiger partial charge in [0.2, 0.25) is 0 Å². The molecule has 0 radical (unpaired) electrons. The third-order valence-corrected chi connectivity index (χ3v) is 3.20. The summed E-state index contributed by atoms with van der Waals surface area (Å²) in [6.07, 6.45) is 2.85. The first-order valence-electron chi connectivity index (χ1n) is 6.64. The highest BCUT2D eigenvalue weighted by atomic mass is 16.5. The molecule has 0 aliphatic carbocycles. The first-order valence-corrected chi connectivity index (χ1v) is 6.64. The fourth-order valence-electron chi connectivity index (χ4n) is 2.32. The van der Waals surface area contributed by atoms with Gasteiger partial charge in [-0.15, -0.1) is 0 Å². The normalized spacial score (nSPS) is 18.6. The van der Waals surface area contributed by atoms with Crippen LogP contribution < -0.4 is 5.32 Å². The van der Waals surface area contributed by atoms with Crippen LogP contribution in [-0.4, -0.2) is 50.2 Å². The summed E-state index contributed by atoms with van der Waals surface area (Å²) in [5.41, 5.74) is 0. The number of piperidine rings is 1. The van der Waals surface area contributed by atoms with Gasteiger partial charge in [-0.25, -0.2) is 0 Å². The average Bonchev–Trinajstić information content (AvgIpc) is 2.30. The molecule has 0 amide bonds. The van der Waals surface area contributed by atoms with Crippen LogP contribution in [0.3, 0.4) is 0 Å². The van der Waals surface area contributed by atoms with Crippen molar-refractivity contribution in [3.63, 3.8) is 0 Å². The SMILES string of the molecule is COC(=O)CCNC1CCN(CC(C)C)CC1. The topological polar surface area (TPSA) is 41.6 Å². The van der Waals surface area contributed by atoms with Gasteiger partial charge in [-0.1, -0.05) is 13.8 Å². The van der Waals surface area contributed by atoms with Crippen LogP contribution in [0.4, 0.5) is 0 Å². The zero-order valence-electron chi connectivity index (χ0n) is 11.4. The molecule has 100 valence electrons. The Morgan fingerprint density at radius 3 is 2.59 bits per heavy atom. The van der Waals surface area contributed by atoms with Crippen LogP contribution >= 0.6 is 0 Å². The molecule has 0 bridgehead atoms. The van der Waals surface area contributed by atoms with E-state index >= 15 is 0 Å². The number of hydrogen-bond donors (Lipinski definition) is 1. The number of likely N-dealkylation sites (tertiary alicyclic amines) is 1. The summed E-state index contributed by atoms with van der Waals surface area (Å²) in [6.45, 7) is 8.82. The number of carbonyl (C=O) groups is 1. The fourth-order valence-corrected chi connectivity index (χ4v) is 2.32. The minimum Gasteiger partial charge on any atom is -0.469 e. The number of hydrogen-bond acceptors (Lipinski definition) is 4. The van der Waals surface area contributed by atoms with Crippen LogP contribution in [0.2, 0.25) is 0 Å². The molecule has 0 spiro atoms. The molecule has 1 aliphatic rings. The largest absolute Gasteiger partial charge is 0.469 e. The third-order valence-electron chi connectivity index (χ3n) is 3.20. The lowest BCUT2D eigenvalue weighted by Crippen LogP contribution is -2.44. The molecule has 17 heavy (non-hydrogen) atoms. The molecule has 0 saturated carbocycles. The van der Waals surface area contributed by atoms with Gasteiger partial charge in [0.15, 0.2) is 0 Å². The first-order chi connectivity index (χ1) is 8.11. The van der Waals surface area contributed by atoms with E-state index in [1.165, 1.54) is 39.6 Å². The Labute approximate surface area is 105 Å². The Balaban J connectivity index is 2.08. The minimum atomic E-state index is -0.130. The van der Waals surface area contributed by atoms with E-state index in [2.05, 4.69) is 28.8 Å². The van der Waals surface area contributed by atoms with Crippen molar-refractivity contribution in [2.45, 2.75) is 39.2 Å². The Morgan fingerprint density at radius 2 is 2.06 bits per heavy atom. The highest BCUT2D eigenvalue weighted by Crippen LogP contribution is 2.11. The summed E-state index contributed by atoms with van der Waals surface area (Å²) in [7, 11) is 1.44. The van der Waals surface area contributed by atoms with Gasteiger partial charge in [0.25, 0.3) is 0 Å². The Bertz CT molecular complexity index is 223. The summed E-state index contributed by atoms with van der Waals surface area (Å²) in [6, 6.07) is 0.572. The molecular weight excluding hydrogens is 216 g/mol. The molecule has 0 atom stereocenters. The monoisotopic (exact) mass is 242 g/mol. The van der Waals surface area contributed by atoms with Crippen molar-refractivity contribution in [1.82, 2.24) is 10.2 Å². The van der Waals surface area contributed by atoms with Crippen molar-refractivity contribution in [2.24, 2.45) is 5.92 Å². The van der Waals surface area contributed by atoms with Crippen molar-refractivity contribution in [3.05, 3.63) is 0 Å². The number of rotatable bonds is 6. The van der Waals surface area contributed by atoms with Gasteiger partial charge in [0.1, 0.15) is 0 Å². The Morgan fingerprint density at radius 1 is 1.41 bits per heavy atom. The van der Waals surface area contributed by atoms with Crippen molar-refractivity contribution in [3.8, 4) is 0 Å². The number of carbonyl (C=O) groups excluding carboxylic acids is 1. The molecule has 0 aromatic heterocycles. The molecule has 0 aromatic rings. The van der Waals surface area contributed by atoms with E-state index in [0.717, 1.165) is 12.5 Å². The smallest absolute Gasteiger partial charge is 0.306 e. The van der Waals surface area contributed by atoms with E-state index in [-0.39, 0.29) is 5.97 Å². The molecule has 1 fully saturated rings. The lowest BCUT2D eigenvalue weighted by atomic mass is 10.0. The summed E-state index contributed by atoms with van der Waals surface area (Å²) in [5.74, 6) is 0.619. The van der Waals surface area contributed by atoms with E-state index in [4.69, 9.17) is 0 Å². The maximum absolute atomic E-state index is 11.0. The first kappa shape index (κ1) is 14.5. The molecule has 4 nitrogen and oxygen atoms in total. The summed E-state index contributed by atoms with van der Waals surface area (Å²) < 4.78 is 4.61. The number of esters is 1. The molecule has 1 N–H and O–H groups in total. The quantitative estimate of drug-likeness (QED) is 0.712. The molecular formula is C13H26N2O2. The van der Waals surface area contributed by atoms with Crippen LogP contribution in [0, 0.1) is 5.92 Å². The predicted molar refractivity (Wildman–Crippen MR) is 68.9 cm³/mol. The minimum absolute atomic E-state index is 0.130. The summed E-state index contributed by atoms with van der Waals surface area (Å²) in [5, 5.41) is 3.43. The molecule has 1 rings (SSSR count). The second-order valence-electron chi connectivity index (χ2n) is 5.25. The molecule has 0 aromatic carbocycles. The second kappa shape index (κ2) is 7.67. The van der Waals surface area contributed by atoms with E-state index in [9.17, 15) is 4.79 Å². The van der Waals surface area contributed by atoms with E-state index < -0.39 is 0 Å². The molecule has 1 saturated heterocycles. The van der Waals surface area contributed by atoms with E-state index in [1.54, 1.807) is 0 Å². The molecule has 0 unspecified atom stereocenters. The number of methoxy groups -OCH3 is 1. The van der Waals surface area contributed by atoms with Crippen LogP contribution in [0.1, 0.15) is 33.1 Å². The molecule has 1 heterocycles. The second-order valence-corrected chi connectivity index (χ2v) is 5.25. The van der Waals surface area contributed by atoms with E-state index in [0.29, 0.717) is 12.5 Å². The molecule has 4 heteroatoms. The maximum atomic E-state index is 11.0. The van der Waals surface area contributed by atoms with Crippen molar-refractivity contribution in [2.75, 3.05) is 33.3 Å². The van der Waals surface area contributed by atoms with Gasteiger partial charge in [-0.3, -0.25) is 4.79 Å². The lowest BCUT2D eigenvalue weighted by Gasteiger charge is -2.33. The van der Waals surface area contributed by atoms with Crippen LogP contribution in [-0.2, 0) is 9.53 Å². The van der Waals surface area contributed by atoms with Gasteiger partial charge in [0.05, 0.1) is 13.5 Å². The van der Waals surface area contributed by atoms with Crippen molar-refractivity contribution in [1.29, 1.82) is 0 Å². The van der Waals surface area contributed by atoms with Crippen LogP contribution in [0.5, 0.6) is 0 Å². The number of ether oxygens (including phenoxy) is 1. The van der Waals surface area contributed by atoms with Gasteiger partial charge >= 0.3 is 5.97 Å². The van der Waals surface area contributed by atoms with Gasteiger partial charge in [-0.2, -0.15) is 0 Å².